The number of rotatable bonds is 7. The number of hydrogen-bond donors (Lipinski definition) is 2. The van der Waals surface area contributed by atoms with E-state index in [4.69, 9.17) is 5.11 Å². The third-order valence-corrected chi connectivity index (χ3v) is 3.61. The van der Waals surface area contributed by atoms with E-state index in [0.717, 1.165) is 24.8 Å². The van der Waals surface area contributed by atoms with Gasteiger partial charge in [0.1, 0.15) is 5.69 Å². The van der Waals surface area contributed by atoms with Gasteiger partial charge in [0.2, 0.25) is 0 Å². The number of nitrogens with zero attached hydrogens (tertiary/aromatic N) is 1. The summed E-state index contributed by atoms with van der Waals surface area (Å²) in [5.74, 6) is -0.436. The lowest BCUT2D eigenvalue weighted by Gasteiger charge is -2.18. The van der Waals surface area contributed by atoms with Crippen molar-refractivity contribution in [3.05, 3.63) is 33.9 Å². The quantitative estimate of drug-likeness (QED) is 0.589. The Morgan fingerprint density at radius 1 is 1.55 bits per heavy atom. The highest BCUT2D eigenvalue weighted by Crippen LogP contribution is 2.35. The van der Waals surface area contributed by atoms with Crippen LogP contribution >= 0.6 is 0 Å². The summed E-state index contributed by atoms with van der Waals surface area (Å²) in [7, 11) is 0. The number of carbonyl (C=O) groups is 1. The molecule has 2 rings (SSSR count). The molecule has 2 N–H and O–H groups in total. The predicted molar refractivity (Wildman–Crippen MR) is 75.1 cm³/mol. The highest BCUT2D eigenvalue weighted by atomic mass is 16.6. The Morgan fingerprint density at radius 3 is 2.75 bits per heavy atom. The number of benzene rings is 1. The van der Waals surface area contributed by atoms with Crippen molar-refractivity contribution >= 4 is 17.3 Å². The van der Waals surface area contributed by atoms with Gasteiger partial charge in [0.25, 0.3) is 5.69 Å². The summed E-state index contributed by atoms with van der Waals surface area (Å²) >= 11 is 0. The first-order valence-electron chi connectivity index (χ1n) is 6.79. The van der Waals surface area contributed by atoms with Crippen LogP contribution in [0.2, 0.25) is 0 Å². The average Bonchev–Trinajstić information content (AvgIpc) is 3.21. The molecule has 0 saturated heterocycles. The van der Waals surface area contributed by atoms with Crippen LogP contribution in [0.25, 0.3) is 0 Å². The Kier molecular flexibility index (Phi) is 4.22. The van der Waals surface area contributed by atoms with Gasteiger partial charge in [-0.3, -0.25) is 10.1 Å². The van der Waals surface area contributed by atoms with Crippen LogP contribution in [-0.4, -0.2) is 22.0 Å². The molecule has 0 radical (unpaired) electrons. The Labute approximate surface area is 117 Å². The number of nitro groups is 1. The SMILES string of the molecule is CCC(CC1CC1)Nc1ccc(C(=O)O)cc1[N+](=O)[O-]. The lowest BCUT2D eigenvalue weighted by atomic mass is 10.1. The van der Waals surface area contributed by atoms with Crippen LogP contribution in [0.3, 0.4) is 0 Å². The molecule has 0 aliphatic heterocycles. The first-order valence-corrected chi connectivity index (χ1v) is 6.79. The molecule has 6 heteroatoms. The van der Waals surface area contributed by atoms with Crippen molar-refractivity contribution in [2.75, 3.05) is 5.32 Å². The van der Waals surface area contributed by atoms with Crippen molar-refractivity contribution in [3.63, 3.8) is 0 Å². The van der Waals surface area contributed by atoms with Crippen molar-refractivity contribution in [1.29, 1.82) is 0 Å². The normalized spacial score (nSPS) is 15.7. The standard InChI is InChI=1S/C14H18N2O4/c1-2-11(7-9-3-4-9)15-12-6-5-10(14(17)18)8-13(12)16(19)20/h5-6,8-9,11,15H,2-4,7H2,1H3,(H,17,18). The third-order valence-electron chi connectivity index (χ3n) is 3.61. The number of carboxylic acids is 1. The van der Waals surface area contributed by atoms with Gasteiger partial charge in [-0.05, 0) is 30.9 Å². The minimum absolute atomic E-state index is 0.0718. The highest BCUT2D eigenvalue weighted by molar-refractivity contribution is 5.89. The van der Waals surface area contributed by atoms with Crippen LogP contribution in [0.15, 0.2) is 18.2 Å². The zero-order valence-electron chi connectivity index (χ0n) is 11.3. The first-order chi connectivity index (χ1) is 9.51. The molecule has 1 aliphatic rings. The molecule has 1 fully saturated rings. The average molecular weight is 278 g/mol. The van der Waals surface area contributed by atoms with E-state index in [1.165, 1.54) is 25.0 Å². The summed E-state index contributed by atoms with van der Waals surface area (Å²) < 4.78 is 0. The van der Waals surface area contributed by atoms with Gasteiger partial charge in [-0.2, -0.15) is 0 Å². The van der Waals surface area contributed by atoms with E-state index < -0.39 is 10.9 Å². The molecular weight excluding hydrogens is 260 g/mol. The fourth-order valence-corrected chi connectivity index (χ4v) is 2.24. The van der Waals surface area contributed by atoms with Crippen LogP contribution in [0.1, 0.15) is 43.0 Å². The minimum atomic E-state index is -1.16. The molecule has 1 unspecified atom stereocenters. The lowest BCUT2D eigenvalue weighted by molar-refractivity contribution is -0.384. The topological polar surface area (TPSA) is 92.5 Å². The number of nitro benzene ring substituents is 1. The Balaban J connectivity index is 2.20. The maximum Gasteiger partial charge on any atom is 0.335 e. The first kappa shape index (κ1) is 14.3. The third kappa shape index (κ3) is 3.46. The molecular formula is C14H18N2O4. The lowest BCUT2D eigenvalue weighted by Crippen LogP contribution is -2.20. The molecule has 1 saturated carbocycles. The van der Waals surface area contributed by atoms with Gasteiger partial charge in [0.15, 0.2) is 0 Å². The van der Waals surface area contributed by atoms with Gasteiger partial charge in [-0.15, -0.1) is 0 Å². The van der Waals surface area contributed by atoms with Gasteiger partial charge in [-0.25, -0.2) is 4.79 Å². The van der Waals surface area contributed by atoms with Gasteiger partial charge in [0.05, 0.1) is 10.5 Å². The Bertz CT molecular complexity index is 526. The van der Waals surface area contributed by atoms with Crippen molar-refractivity contribution in [2.24, 2.45) is 5.92 Å². The zero-order valence-corrected chi connectivity index (χ0v) is 11.3. The summed E-state index contributed by atoms with van der Waals surface area (Å²) in [6.07, 6.45) is 4.36. The van der Waals surface area contributed by atoms with Crippen LogP contribution in [-0.2, 0) is 0 Å². The van der Waals surface area contributed by atoms with Crippen LogP contribution in [0.5, 0.6) is 0 Å². The van der Waals surface area contributed by atoms with Crippen molar-refractivity contribution in [3.8, 4) is 0 Å². The molecule has 1 aromatic carbocycles. The molecule has 20 heavy (non-hydrogen) atoms. The second kappa shape index (κ2) is 5.90. The largest absolute Gasteiger partial charge is 0.478 e. The van der Waals surface area contributed by atoms with Crippen LogP contribution in [0.4, 0.5) is 11.4 Å². The zero-order chi connectivity index (χ0) is 14.7. The molecule has 6 nitrogen and oxygen atoms in total. The van der Waals surface area contributed by atoms with E-state index in [0.29, 0.717) is 5.69 Å². The van der Waals surface area contributed by atoms with E-state index in [-0.39, 0.29) is 17.3 Å². The summed E-state index contributed by atoms with van der Waals surface area (Å²) in [6.45, 7) is 2.04. The molecule has 1 atom stereocenters. The number of nitrogens with one attached hydrogen (secondary N) is 1. The Morgan fingerprint density at radius 2 is 2.25 bits per heavy atom. The smallest absolute Gasteiger partial charge is 0.335 e. The summed E-state index contributed by atoms with van der Waals surface area (Å²) in [5.41, 5.74) is 0.143. The summed E-state index contributed by atoms with van der Waals surface area (Å²) in [6, 6.07) is 4.17. The molecule has 0 spiro atoms. The number of aromatic carboxylic acids is 1. The van der Waals surface area contributed by atoms with Gasteiger partial charge >= 0.3 is 5.97 Å². The van der Waals surface area contributed by atoms with E-state index in [2.05, 4.69) is 5.32 Å². The predicted octanol–water partition coefficient (Wildman–Crippen LogP) is 3.28. The highest BCUT2D eigenvalue weighted by Gasteiger charge is 2.26. The Hall–Kier alpha value is -2.11. The van der Waals surface area contributed by atoms with Crippen molar-refractivity contribution < 1.29 is 14.8 Å². The molecule has 0 aromatic heterocycles. The molecule has 1 aromatic rings. The summed E-state index contributed by atoms with van der Waals surface area (Å²) in [4.78, 5) is 21.4. The molecule has 0 amide bonds. The number of hydrogen-bond acceptors (Lipinski definition) is 4. The van der Waals surface area contributed by atoms with E-state index in [1.54, 1.807) is 0 Å². The van der Waals surface area contributed by atoms with Crippen molar-refractivity contribution in [2.45, 2.75) is 38.6 Å². The van der Waals surface area contributed by atoms with Crippen LogP contribution < -0.4 is 5.32 Å². The van der Waals surface area contributed by atoms with Gasteiger partial charge < -0.3 is 10.4 Å². The van der Waals surface area contributed by atoms with Crippen molar-refractivity contribution in [1.82, 2.24) is 0 Å². The van der Waals surface area contributed by atoms with E-state index >= 15 is 0 Å². The monoisotopic (exact) mass is 278 g/mol. The summed E-state index contributed by atoms with van der Waals surface area (Å²) in [5, 5.41) is 23.1. The molecule has 1 aliphatic carbocycles. The number of anilines is 1. The maximum absolute atomic E-state index is 11.1. The van der Waals surface area contributed by atoms with Gasteiger partial charge in [-0.1, -0.05) is 19.8 Å². The van der Waals surface area contributed by atoms with E-state index in [1.807, 2.05) is 6.92 Å². The maximum atomic E-state index is 11.1. The fraction of sp³-hybridized carbons (Fsp3) is 0.500. The molecule has 0 heterocycles. The second-order valence-corrected chi connectivity index (χ2v) is 5.22. The van der Waals surface area contributed by atoms with Crippen LogP contribution in [0, 0.1) is 16.0 Å². The van der Waals surface area contributed by atoms with Gasteiger partial charge in [0, 0.05) is 12.1 Å². The molecule has 0 bridgehead atoms. The minimum Gasteiger partial charge on any atom is -0.478 e. The van der Waals surface area contributed by atoms with E-state index in [9.17, 15) is 14.9 Å². The second-order valence-electron chi connectivity index (χ2n) is 5.22. The fourth-order valence-electron chi connectivity index (χ4n) is 2.24. The number of carboxylic acid groups (broad SMARTS) is 1. The molecule has 108 valence electrons.